The maximum absolute atomic E-state index is 12.5. The monoisotopic (exact) mass is 183 g/mol. The molecule has 1 atom stereocenters. The smallest absolute Gasteiger partial charge is 0.282 e. The van der Waals surface area contributed by atoms with Gasteiger partial charge in [-0.1, -0.05) is 0 Å². The van der Waals surface area contributed by atoms with Gasteiger partial charge in [0.1, 0.15) is 6.61 Å². The average molecular weight is 183 g/mol. The van der Waals surface area contributed by atoms with Gasteiger partial charge in [-0.15, -0.1) is 0 Å². The molecule has 1 unspecified atom stereocenters. The van der Waals surface area contributed by atoms with E-state index >= 15 is 0 Å². The molecule has 0 fully saturated rings. The Bertz CT molecular complexity index is 122. The summed E-state index contributed by atoms with van der Waals surface area (Å²) < 4.78 is 34.4. The highest BCUT2D eigenvalue weighted by atomic mass is 19.3. The van der Waals surface area contributed by atoms with Crippen LogP contribution in [0.25, 0.3) is 0 Å². The largest absolute Gasteiger partial charge is 0.382 e. The van der Waals surface area contributed by atoms with Crippen LogP contribution in [0.3, 0.4) is 0 Å². The molecule has 0 spiro atoms. The Hall–Kier alpha value is -0.260. The van der Waals surface area contributed by atoms with Crippen LogP contribution in [0.4, 0.5) is 8.78 Å². The number of nitrogens with two attached hydrogens (primary N) is 1. The van der Waals surface area contributed by atoms with Crippen molar-refractivity contribution in [2.24, 2.45) is 5.73 Å². The Morgan fingerprint density at radius 3 is 2.50 bits per heavy atom. The summed E-state index contributed by atoms with van der Waals surface area (Å²) in [4.78, 5) is 0. The lowest BCUT2D eigenvalue weighted by Crippen LogP contribution is -2.35. The third-order valence-corrected chi connectivity index (χ3v) is 1.28. The molecule has 74 valence electrons. The van der Waals surface area contributed by atoms with Crippen LogP contribution in [0.1, 0.15) is 6.92 Å². The first-order valence-corrected chi connectivity index (χ1v) is 3.70. The lowest BCUT2D eigenvalue weighted by Gasteiger charge is -2.17. The van der Waals surface area contributed by atoms with Gasteiger partial charge in [-0.3, -0.25) is 0 Å². The van der Waals surface area contributed by atoms with Gasteiger partial charge in [0.05, 0.1) is 19.3 Å². The maximum atomic E-state index is 12.5. The van der Waals surface area contributed by atoms with Crippen molar-refractivity contribution in [3.8, 4) is 0 Å². The van der Waals surface area contributed by atoms with E-state index in [4.69, 9.17) is 15.2 Å². The topological polar surface area (TPSA) is 44.5 Å². The molecule has 3 nitrogen and oxygen atoms in total. The van der Waals surface area contributed by atoms with Gasteiger partial charge in [0.2, 0.25) is 0 Å². The van der Waals surface area contributed by atoms with E-state index in [9.17, 15) is 8.78 Å². The number of alkyl halides is 2. The van der Waals surface area contributed by atoms with Crippen LogP contribution in [-0.2, 0) is 9.47 Å². The van der Waals surface area contributed by atoms with E-state index in [1.54, 1.807) is 6.92 Å². The van der Waals surface area contributed by atoms with Gasteiger partial charge in [0.25, 0.3) is 5.92 Å². The first-order valence-electron chi connectivity index (χ1n) is 3.70. The molecule has 0 aromatic carbocycles. The van der Waals surface area contributed by atoms with E-state index in [0.717, 1.165) is 0 Å². The molecule has 12 heavy (non-hydrogen) atoms. The van der Waals surface area contributed by atoms with Crippen molar-refractivity contribution in [3.63, 3.8) is 0 Å². The summed E-state index contributed by atoms with van der Waals surface area (Å²) in [5.41, 5.74) is 4.81. The van der Waals surface area contributed by atoms with Crippen LogP contribution in [0.15, 0.2) is 0 Å². The van der Waals surface area contributed by atoms with E-state index in [1.807, 2.05) is 0 Å². The number of hydrogen-bond donors (Lipinski definition) is 1. The summed E-state index contributed by atoms with van der Waals surface area (Å²) in [5.74, 6) is -2.93. The van der Waals surface area contributed by atoms with Gasteiger partial charge in [0, 0.05) is 7.11 Å². The third kappa shape index (κ3) is 5.40. The SMILES string of the molecule is COCC(C)OCC(F)(F)CN. The quantitative estimate of drug-likeness (QED) is 0.657. The molecule has 0 aliphatic carbocycles. The summed E-state index contributed by atoms with van der Waals surface area (Å²) in [5, 5.41) is 0. The summed E-state index contributed by atoms with van der Waals surface area (Å²) in [6.07, 6.45) is -0.326. The zero-order chi connectivity index (χ0) is 9.61. The van der Waals surface area contributed by atoms with Crippen LogP contribution in [0.5, 0.6) is 0 Å². The third-order valence-electron chi connectivity index (χ3n) is 1.28. The maximum Gasteiger partial charge on any atom is 0.282 e. The number of methoxy groups -OCH3 is 1. The number of hydrogen-bond acceptors (Lipinski definition) is 3. The summed E-state index contributed by atoms with van der Waals surface area (Å²) in [7, 11) is 1.49. The Morgan fingerprint density at radius 1 is 1.50 bits per heavy atom. The Kier molecular flexibility index (Phi) is 5.28. The molecule has 0 heterocycles. The molecule has 0 radical (unpaired) electrons. The molecule has 0 bridgehead atoms. The van der Waals surface area contributed by atoms with E-state index in [0.29, 0.717) is 6.61 Å². The van der Waals surface area contributed by atoms with Gasteiger partial charge in [-0.05, 0) is 6.92 Å². The molecule has 0 aliphatic rings. The number of halogens is 2. The molecule has 0 amide bonds. The number of ether oxygens (including phenoxy) is 2. The van der Waals surface area contributed by atoms with E-state index in [2.05, 4.69) is 0 Å². The van der Waals surface area contributed by atoms with Crippen LogP contribution >= 0.6 is 0 Å². The molecule has 0 rings (SSSR count). The van der Waals surface area contributed by atoms with Crippen molar-refractivity contribution in [2.45, 2.75) is 19.0 Å². The fourth-order valence-electron chi connectivity index (χ4n) is 0.606. The van der Waals surface area contributed by atoms with Gasteiger partial charge in [-0.25, -0.2) is 8.78 Å². The van der Waals surface area contributed by atoms with E-state index < -0.39 is 19.1 Å². The highest BCUT2D eigenvalue weighted by molar-refractivity contribution is 4.66. The van der Waals surface area contributed by atoms with Crippen molar-refractivity contribution >= 4 is 0 Å². The van der Waals surface area contributed by atoms with Crippen LogP contribution in [-0.4, -0.2) is 38.9 Å². The Labute approximate surface area is 70.8 Å². The summed E-state index contributed by atoms with van der Waals surface area (Å²) >= 11 is 0. The molecule has 0 saturated heterocycles. The molecular weight excluding hydrogens is 168 g/mol. The lowest BCUT2D eigenvalue weighted by molar-refractivity contribution is -0.100. The average Bonchev–Trinajstić information content (AvgIpc) is 2.02. The van der Waals surface area contributed by atoms with Crippen molar-refractivity contribution in [3.05, 3.63) is 0 Å². The Morgan fingerprint density at radius 2 is 2.08 bits per heavy atom. The van der Waals surface area contributed by atoms with E-state index in [-0.39, 0.29) is 6.10 Å². The predicted octanol–water partition coefficient (Wildman–Crippen LogP) is 0.632. The zero-order valence-electron chi connectivity index (χ0n) is 7.35. The Balaban J connectivity index is 3.52. The minimum absolute atomic E-state index is 0.306. The fraction of sp³-hybridized carbons (Fsp3) is 1.00. The number of rotatable bonds is 6. The highest BCUT2D eigenvalue weighted by Gasteiger charge is 2.27. The summed E-state index contributed by atoms with van der Waals surface area (Å²) in [6.45, 7) is 0.636. The first kappa shape index (κ1) is 11.7. The minimum Gasteiger partial charge on any atom is -0.382 e. The van der Waals surface area contributed by atoms with E-state index in [1.165, 1.54) is 7.11 Å². The van der Waals surface area contributed by atoms with Crippen molar-refractivity contribution < 1.29 is 18.3 Å². The normalized spacial score (nSPS) is 14.8. The second kappa shape index (κ2) is 5.40. The van der Waals surface area contributed by atoms with Gasteiger partial charge >= 0.3 is 0 Å². The first-order chi connectivity index (χ1) is 5.52. The second-order valence-corrected chi connectivity index (χ2v) is 2.64. The van der Waals surface area contributed by atoms with Crippen LogP contribution < -0.4 is 5.73 Å². The predicted molar refractivity (Wildman–Crippen MR) is 41.3 cm³/mol. The molecule has 0 aromatic rings. The van der Waals surface area contributed by atoms with Gasteiger partial charge in [0.15, 0.2) is 0 Å². The highest BCUT2D eigenvalue weighted by Crippen LogP contribution is 2.12. The van der Waals surface area contributed by atoms with Crippen molar-refractivity contribution in [2.75, 3.05) is 26.9 Å². The second-order valence-electron chi connectivity index (χ2n) is 2.64. The van der Waals surface area contributed by atoms with Gasteiger partial charge < -0.3 is 15.2 Å². The molecule has 0 aromatic heterocycles. The summed E-state index contributed by atoms with van der Waals surface area (Å²) in [6, 6.07) is 0. The zero-order valence-corrected chi connectivity index (χ0v) is 7.35. The fourth-order valence-corrected chi connectivity index (χ4v) is 0.606. The molecule has 0 saturated carbocycles. The van der Waals surface area contributed by atoms with Crippen LogP contribution in [0.2, 0.25) is 0 Å². The van der Waals surface area contributed by atoms with Crippen molar-refractivity contribution in [1.29, 1.82) is 0 Å². The van der Waals surface area contributed by atoms with Crippen molar-refractivity contribution in [1.82, 2.24) is 0 Å². The lowest BCUT2D eigenvalue weighted by atomic mass is 10.3. The molecule has 2 N–H and O–H groups in total. The minimum atomic E-state index is -2.93. The standard InChI is InChI=1S/C7H15F2NO2/c1-6(3-11-2)12-5-7(8,9)4-10/h6H,3-5,10H2,1-2H3. The molecular formula is C7H15F2NO2. The molecule has 0 aliphatic heterocycles. The van der Waals surface area contributed by atoms with Crippen LogP contribution in [0, 0.1) is 0 Å². The molecule has 5 heteroatoms. The van der Waals surface area contributed by atoms with Gasteiger partial charge in [-0.2, -0.15) is 0 Å².